The molecule has 0 radical (unpaired) electrons. The van der Waals surface area contributed by atoms with E-state index < -0.39 is 17.0 Å². The second kappa shape index (κ2) is 11.0. The van der Waals surface area contributed by atoms with E-state index in [1.807, 2.05) is 0 Å². The SMILES string of the molecule is CC(C)c1c2c(c[c-]1CC[c-]1cc3c(c1C(C)C)CCCC3)CCCC2.[Cl][Ti][Cl]. The van der Waals surface area contributed by atoms with Gasteiger partial charge in [0.05, 0.1) is 0 Å². The van der Waals surface area contributed by atoms with Gasteiger partial charge in [-0.3, -0.25) is 0 Å². The molecule has 0 amide bonds. The molecule has 0 spiro atoms. The van der Waals surface area contributed by atoms with Gasteiger partial charge >= 0.3 is 35.6 Å². The van der Waals surface area contributed by atoms with Crippen molar-refractivity contribution in [3.63, 3.8) is 0 Å². The quantitative estimate of drug-likeness (QED) is 0.307. The molecule has 0 N–H and O–H groups in total. The van der Waals surface area contributed by atoms with Gasteiger partial charge in [0.25, 0.3) is 0 Å². The molecule has 3 heteroatoms. The maximum absolute atomic E-state index is 4.89. The van der Waals surface area contributed by atoms with Gasteiger partial charge in [-0.25, -0.2) is 0 Å². The van der Waals surface area contributed by atoms with Crippen molar-refractivity contribution < 1.29 is 17.0 Å². The molecule has 0 unspecified atom stereocenters. The number of rotatable bonds is 5. The summed E-state index contributed by atoms with van der Waals surface area (Å²) in [5.74, 6) is 1.34. The zero-order valence-corrected chi connectivity index (χ0v) is 21.7. The zero-order chi connectivity index (χ0) is 21.0. The molecule has 0 bridgehead atoms. The molecule has 0 fully saturated rings. The van der Waals surface area contributed by atoms with E-state index in [0.29, 0.717) is 11.8 Å². The van der Waals surface area contributed by atoms with E-state index in [0.717, 1.165) is 0 Å². The second-order valence-corrected chi connectivity index (χ2v) is 12.0. The van der Waals surface area contributed by atoms with Gasteiger partial charge in [0.15, 0.2) is 0 Å². The maximum atomic E-state index is 4.89. The molecule has 0 saturated carbocycles. The molecule has 0 saturated heterocycles. The van der Waals surface area contributed by atoms with E-state index in [2.05, 4.69) is 39.8 Å². The Morgan fingerprint density at radius 1 is 0.724 bits per heavy atom. The van der Waals surface area contributed by atoms with Crippen LogP contribution < -0.4 is 0 Å². The van der Waals surface area contributed by atoms with E-state index in [1.54, 1.807) is 44.5 Å². The Balaban J connectivity index is 0.000000755. The van der Waals surface area contributed by atoms with E-state index in [4.69, 9.17) is 18.6 Å². The Morgan fingerprint density at radius 2 is 1.07 bits per heavy atom. The summed E-state index contributed by atoms with van der Waals surface area (Å²) in [6.45, 7) is 9.59. The molecule has 2 aliphatic rings. The summed E-state index contributed by atoms with van der Waals surface area (Å²) in [5.41, 5.74) is 13.6. The van der Waals surface area contributed by atoms with E-state index in [-0.39, 0.29) is 0 Å². The molecule has 2 aliphatic carbocycles. The minimum atomic E-state index is -0.556. The summed E-state index contributed by atoms with van der Waals surface area (Å²) >= 11 is -0.556. The van der Waals surface area contributed by atoms with Crippen LogP contribution in [-0.4, -0.2) is 0 Å². The summed E-state index contributed by atoms with van der Waals surface area (Å²) < 4.78 is 0. The van der Waals surface area contributed by atoms with Crippen molar-refractivity contribution in [2.75, 3.05) is 0 Å². The number of aryl methyl sites for hydroxylation is 4. The van der Waals surface area contributed by atoms with Crippen LogP contribution in [-0.2, 0) is 55.6 Å². The average molecular weight is 467 g/mol. The number of hydrogen-bond donors (Lipinski definition) is 0. The predicted octanol–water partition coefficient (Wildman–Crippen LogP) is 8.29. The van der Waals surface area contributed by atoms with Gasteiger partial charge in [-0.05, 0) is 11.8 Å². The fraction of sp³-hybridized carbons (Fsp3) is 0.615. The molecular weight excluding hydrogens is 431 g/mol. The molecule has 0 nitrogen and oxygen atoms in total. The molecule has 0 aliphatic heterocycles. The molecule has 0 aromatic heterocycles. The third-order valence-corrected chi connectivity index (χ3v) is 6.88. The molecule has 2 aromatic rings. The summed E-state index contributed by atoms with van der Waals surface area (Å²) in [4.78, 5) is 0. The Morgan fingerprint density at radius 3 is 1.41 bits per heavy atom. The van der Waals surface area contributed by atoms with Gasteiger partial charge in [0.2, 0.25) is 0 Å². The van der Waals surface area contributed by atoms with Crippen LogP contribution in [0, 0.1) is 0 Å². The first-order chi connectivity index (χ1) is 14.0. The molecule has 0 heterocycles. The molecule has 4 rings (SSSR count). The average Bonchev–Trinajstić information content (AvgIpc) is 3.24. The van der Waals surface area contributed by atoms with E-state index >= 15 is 0 Å². The van der Waals surface area contributed by atoms with Crippen LogP contribution in [0.1, 0.15) is 110 Å². The van der Waals surface area contributed by atoms with Gasteiger partial charge in [-0.15, -0.1) is 0 Å². The van der Waals surface area contributed by atoms with E-state index in [9.17, 15) is 0 Å². The van der Waals surface area contributed by atoms with Gasteiger partial charge in [0.1, 0.15) is 0 Å². The van der Waals surface area contributed by atoms with Crippen LogP contribution in [0.3, 0.4) is 0 Å². The van der Waals surface area contributed by atoms with Gasteiger partial charge in [-0.2, -0.15) is 56.6 Å². The van der Waals surface area contributed by atoms with Crippen LogP contribution in [0.2, 0.25) is 0 Å². The Hall–Kier alpha value is -0.00571. The first-order valence-corrected chi connectivity index (χ1v) is 15.8. The third kappa shape index (κ3) is 5.44. The first kappa shape index (κ1) is 23.7. The van der Waals surface area contributed by atoms with Crippen LogP contribution in [0.25, 0.3) is 0 Å². The van der Waals surface area contributed by atoms with Crippen molar-refractivity contribution in [2.24, 2.45) is 0 Å². The Kier molecular flexibility index (Phi) is 9.00. The Bertz CT molecular complexity index is 728. The summed E-state index contributed by atoms with van der Waals surface area (Å²) in [6, 6.07) is 5.17. The first-order valence-electron chi connectivity index (χ1n) is 11.5. The van der Waals surface area contributed by atoms with Crippen molar-refractivity contribution in [1.29, 1.82) is 0 Å². The van der Waals surface area contributed by atoms with Crippen molar-refractivity contribution in [2.45, 2.75) is 104 Å². The number of fused-ring (bicyclic) bond motifs is 2. The number of halogens is 2. The molecule has 2 aromatic carbocycles. The van der Waals surface area contributed by atoms with Crippen molar-refractivity contribution in [3.05, 3.63) is 56.6 Å². The van der Waals surface area contributed by atoms with E-state index in [1.165, 1.54) is 64.2 Å². The normalized spacial score (nSPS) is 15.7. The van der Waals surface area contributed by atoms with Crippen LogP contribution in [0.5, 0.6) is 0 Å². The topological polar surface area (TPSA) is 0 Å². The minimum absolute atomic E-state index is 0.556. The predicted molar refractivity (Wildman–Crippen MR) is 125 cm³/mol. The summed E-state index contributed by atoms with van der Waals surface area (Å²) in [6.07, 6.45) is 13.3. The third-order valence-electron chi connectivity index (χ3n) is 6.88. The monoisotopic (exact) mass is 466 g/mol. The standard InChI is InChI=1S/C26H36.2ClH.Ti/c1-17(2)25-21(15-19-9-5-7-11-23(19)25)13-14-22-16-20-10-6-8-12-24(20)26(22)18(3)4;;;/h15-18H,5-14H2,1-4H3;2*1H;/q-2;;;+2/p-2. The van der Waals surface area contributed by atoms with Crippen molar-refractivity contribution in [1.82, 2.24) is 0 Å². The van der Waals surface area contributed by atoms with Gasteiger partial charge in [-0.1, -0.05) is 91.9 Å². The van der Waals surface area contributed by atoms with Crippen LogP contribution in [0.15, 0.2) is 12.1 Å². The fourth-order valence-corrected chi connectivity index (χ4v) is 5.88. The van der Waals surface area contributed by atoms with Crippen molar-refractivity contribution in [3.8, 4) is 0 Å². The van der Waals surface area contributed by atoms with Crippen LogP contribution in [0.4, 0.5) is 0 Å². The molecule has 160 valence electrons. The zero-order valence-electron chi connectivity index (χ0n) is 18.6. The molecular formula is C26H36Cl2Ti-2. The van der Waals surface area contributed by atoms with Gasteiger partial charge in [0, 0.05) is 0 Å². The fourth-order valence-electron chi connectivity index (χ4n) is 5.88. The Labute approximate surface area is 195 Å². The second-order valence-electron chi connectivity index (χ2n) is 9.47. The summed E-state index contributed by atoms with van der Waals surface area (Å²) in [7, 11) is 9.78. The number of hydrogen-bond acceptors (Lipinski definition) is 0. The van der Waals surface area contributed by atoms with Crippen molar-refractivity contribution >= 4 is 18.6 Å². The molecule has 29 heavy (non-hydrogen) atoms. The summed E-state index contributed by atoms with van der Waals surface area (Å²) in [5, 5.41) is 0. The van der Waals surface area contributed by atoms with Crippen LogP contribution >= 0.6 is 18.6 Å². The molecule has 0 atom stereocenters. The van der Waals surface area contributed by atoms with Gasteiger partial charge < -0.3 is 0 Å².